The van der Waals surface area contributed by atoms with Crippen molar-refractivity contribution in [3.05, 3.63) is 33.3 Å². The molecule has 1 aromatic rings. The summed E-state index contributed by atoms with van der Waals surface area (Å²) in [6.07, 6.45) is 0.0984. The van der Waals surface area contributed by atoms with E-state index in [1.54, 1.807) is 6.92 Å². The Hall–Kier alpha value is -1.82. The van der Waals surface area contributed by atoms with Crippen LogP contribution in [0.15, 0.2) is 18.2 Å². The third-order valence-corrected chi connectivity index (χ3v) is 2.29. The van der Waals surface area contributed by atoms with Crippen LogP contribution in [0.1, 0.15) is 13.3 Å². The molecule has 0 fully saturated rings. The van der Waals surface area contributed by atoms with Crippen molar-refractivity contribution in [2.45, 2.75) is 13.3 Å². The van der Waals surface area contributed by atoms with Crippen LogP contribution in [0, 0.1) is 10.1 Å². The Kier molecular flexibility index (Phi) is 5.38. The molecule has 0 unspecified atom stereocenters. The van der Waals surface area contributed by atoms with Crippen LogP contribution in [-0.4, -0.2) is 24.1 Å². The average molecular weight is 274 g/mol. The molecule has 0 saturated heterocycles. The van der Waals surface area contributed by atoms with E-state index in [1.165, 1.54) is 18.2 Å². The van der Waals surface area contributed by atoms with Crippen LogP contribution in [0.5, 0.6) is 5.75 Å². The van der Waals surface area contributed by atoms with Crippen LogP contribution >= 0.6 is 11.6 Å². The highest BCUT2D eigenvalue weighted by atomic mass is 35.5. The van der Waals surface area contributed by atoms with Gasteiger partial charge in [0.25, 0.3) is 5.69 Å². The highest BCUT2D eigenvalue weighted by Gasteiger charge is 2.10. The Balaban J connectivity index is 2.53. The molecule has 98 valence electrons. The topological polar surface area (TPSA) is 78.7 Å². The molecule has 0 heterocycles. The van der Waals surface area contributed by atoms with Gasteiger partial charge in [-0.1, -0.05) is 11.6 Å². The fraction of sp³-hybridized carbons (Fsp3) is 0.364. The molecule has 0 aliphatic carbocycles. The molecule has 18 heavy (non-hydrogen) atoms. The molecular formula is C11H12ClNO5. The zero-order valence-corrected chi connectivity index (χ0v) is 10.5. The molecular weight excluding hydrogens is 262 g/mol. The van der Waals surface area contributed by atoms with Crippen molar-refractivity contribution >= 4 is 23.3 Å². The molecule has 0 bridgehead atoms. The van der Waals surface area contributed by atoms with Gasteiger partial charge in [0.1, 0.15) is 5.75 Å². The molecule has 0 amide bonds. The molecule has 6 nitrogen and oxygen atoms in total. The fourth-order valence-corrected chi connectivity index (χ4v) is 1.43. The summed E-state index contributed by atoms with van der Waals surface area (Å²) in [6.45, 7) is 2.14. The summed E-state index contributed by atoms with van der Waals surface area (Å²) in [7, 11) is 0. The minimum Gasteiger partial charge on any atom is -0.491 e. The van der Waals surface area contributed by atoms with E-state index in [-0.39, 0.29) is 29.7 Å². The lowest BCUT2D eigenvalue weighted by Crippen LogP contribution is -2.09. The highest BCUT2D eigenvalue weighted by molar-refractivity contribution is 6.32. The zero-order valence-electron chi connectivity index (χ0n) is 9.72. The van der Waals surface area contributed by atoms with Gasteiger partial charge in [0.15, 0.2) is 0 Å². The smallest absolute Gasteiger partial charge is 0.309 e. The van der Waals surface area contributed by atoms with E-state index in [9.17, 15) is 14.9 Å². The van der Waals surface area contributed by atoms with Crippen molar-refractivity contribution in [3.63, 3.8) is 0 Å². The Morgan fingerprint density at radius 1 is 1.50 bits per heavy atom. The van der Waals surface area contributed by atoms with Crippen LogP contribution in [0.4, 0.5) is 5.69 Å². The second kappa shape index (κ2) is 6.80. The number of ether oxygens (including phenoxy) is 2. The number of benzene rings is 1. The van der Waals surface area contributed by atoms with E-state index < -0.39 is 4.92 Å². The maximum Gasteiger partial charge on any atom is 0.309 e. The highest BCUT2D eigenvalue weighted by Crippen LogP contribution is 2.28. The van der Waals surface area contributed by atoms with Gasteiger partial charge in [-0.2, -0.15) is 0 Å². The lowest BCUT2D eigenvalue weighted by molar-refractivity contribution is -0.384. The number of nitrogens with zero attached hydrogens (tertiary/aromatic N) is 1. The van der Waals surface area contributed by atoms with Crippen molar-refractivity contribution in [2.24, 2.45) is 0 Å². The summed E-state index contributed by atoms with van der Waals surface area (Å²) in [4.78, 5) is 21.0. The first kappa shape index (κ1) is 14.2. The molecule has 1 rings (SSSR count). The molecule has 0 aromatic heterocycles. The predicted molar refractivity (Wildman–Crippen MR) is 64.9 cm³/mol. The summed E-state index contributed by atoms with van der Waals surface area (Å²) in [5.74, 6) is -0.0675. The molecule has 0 aliphatic rings. The number of carbonyl (C=O) groups is 1. The van der Waals surface area contributed by atoms with Crippen LogP contribution in [0.3, 0.4) is 0 Å². The number of nitro groups is 1. The van der Waals surface area contributed by atoms with E-state index in [2.05, 4.69) is 0 Å². The number of hydrogen-bond donors (Lipinski definition) is 0. The Labute approximate surface area is 109 Å². The van der Waals surface area contributed by atoms with Gasteiger partial charge in [0.05, 0.1) is 29.6 Å². The lowest BCUT2D eigenvalue weighted by atomic mass is 10.3. The standard InChI is InChI=1S/C11H12ClNO5/c1-2-17-11(14)5-6-18-10-4-3-8(13(15)16)7-9(10)12/h3-4,7H,2,5-6H2,1H3. The van der Waals surface area contributed by atoms with Crippen molar-refractivity contribution in [3.8, 4) is 5.75 Å². The molecule has 0 saturated carbocycles. The third-order valence-electron chi connectivity index (χ3n) is 2.00. The van der Waals surface area contributed by atoms with Gasteiger partial charge < -0.3 is 9.47 Å². The van der Waals surface area contributed by atoms with E-state index in [0.717, 1.165) is 0 Å². The van der Waals surface area contributed by atoms with Crippen LogP contribution in [0.25, 0.3) is 0 Å². The summed E-state index contributed by atoms with van der Waals surface area (Å²) in [5.41, 5.74) is -0.113. The number of carbonyl (C=O) groups excluding carboxylic acids is 1. The zero-order chi connectivity index (χ0) is 13.5. The fourth-order valence-electron chi connectivity index (χ4n) is 1.20. The average Bonchev–Trinajstić information content (AvgIpc) is 2.31. The monoisotopic (exact) mass is 273 g/mol. The lowest BCUT2D eigenvalue weighted by Gasteiger charge is -2.07. The van der Waals surface area contributed by atoms with E-state index in [0.29, 0.717) is 12.4 Å². The molecule has 0 aliphatic heterocycles. The normalized spacial score (nSPS) is 9.89. The van der Waals surface area contributed by atoms with Gasteiger partial charge in [-0.25, -0.2) is 0 Å². The van der Waals surface area contributed by atoms with Crippen molar-refractivity contribution in [1.29, 1.82) is 0 Å². The number of hydrogen-bond acceptors (Lipinski definition) is 5. The Morgan fingerprint density at radius 3 is 2.78 bits per heavy atom. The number of esters is 1. The van der Waals surface area contributed by atoms with E-state index in [1.807, 2.05) is 0 Å². The van der Waals surface area contributed by atoms with Crippen molar-refractivity contribution in [1.82, 2.24) is 0 Å². The quantitative estimate of drug-likeness (QED) is 0.452. The molecule has 1 aromatic carbocycles. The van der Waals surface area contributed by atoms with Gasteiger partial charge >= 0.3 is 5.97 Å². The number of nitro benzene ring substituents is 1. The second-order valence-electron chi connectivity index (χ2n) is 3.28. The van der Waals surface area contributed by atoms with Crippen LogP contribution in [0.2, 0.25) is 5.02 Å². The molecule has 0 N–H and O–H groups in total. The van der Waals surface area contributed by atoms with Crippen LogP contribution < -0.4 is 4.74 Å². The van der Waals surface area contributed by atoms with Gasteiger partial charge in [-0.05, 0) is 13.0 Å². The summed E-state index contributed by atoms with van der Waals surface area (Å²) >= 11 is 5.80. The molecule has 0 atom stereocenters. The van der Waals surface area contributed by atoms with Gasteiger partial charge in [0.2, 0.25) is 0 Å². The molecule has 7 heteroatoms. The third kappa shape index (κ3) is 4.21. The summed E-state index contributed by atoms with van der Waals surface area (Å²) in [6, 6.07) is 3.87. The number of halogens is 1. The largest absolute Gasteiger partial charge is 0.491 e. The minimum absolute atomic E-state index is 0.0984. The molecule has 0 spiro atoms. The summed E-state index contributed by atoms with van der Waals surface area (Å²) < 4.78 is 9.95. The van der Waals surface area contributed by atoms with Gasteiger partial charge in [0, 0.05) is 12.1 Å². The second-order valence-corrected chi connectivity index (χ2v) is 3.68. The number of non-ortho nitro benzene ring substituents is 1. The van der Waals surface area contributed by atoms with Crippen LogP contribution in [-0.2, 0) is 9.53 Å². The first-order valence-electron chi connectivity index (χ1n) is 5.27. The first-order chi connectivity index (χ1) is 8.54. The van der Waals surface area contributed by atoms with Crippen molar-refractivity contribution in [2.75, 3.05) is 13.2 Å². The SMILES string of the molecule is CCOC(=O)CCOc1ccc([N+](=O)[O-])cc1Cl. The van der Waals surface area contributed by atoms with Crippen molar-refractivity contribution < 1.29 is 19.2 Å². The maximum atomic E-state index is 11.0. The predicted octanol–water partition coefficient (Wildman–Crippen LogP) is 2.58. The summed E-state index contributed by atoms with van der Waals surface area (Å²) in [5, 5.41) is 10.6. The minimum atomic E-state index is -0.547. The first-order valence-corrected chi connectivity index (χ1v) is 5.64. The van der Waals surface area contributed by atoms with Gasteiger partial charge in [-0.3, -0.25) is 14.9 Å². The van der Waals surface area contributed by atoms with E-state index in [4.69, 9.17) is 21.1 Å². The van der Waals surface area contributed by atoms with Gasteiger partial charge in [-0.15, -0.1) is 0 Å². The number of rotatable bonds is 6. The molecule has 0 radical (unpaired) electrons. The Bertz CT molecular complexity index is 449. The maximum absolute atomic E-state index is 11.0. The Morgan fingerprint density at radius 2 is 2.22 bits per heavy atom. The van der Waals surface area contributed by atoms with E-state index >= 15 is 0 Å².